The lowest BCUT2D eigenvalue weighted by molar-refractivity contribution is -0.138. The first-order valence-electron chi connectivity index (χ1n) is 5.26. The van der Waals surface area contributed by atoms with Crippen LogP contribution in [0.2, 0.25) is 0 Å². The molecule has 5 nitrogen and oxygen atoms in total. The molecule has 0 heterocycles. The van der Waals surface area contributed by atoms with Crippen molar-refractivity contribution in [3.63, 3.8) is 0 Å². The Balaban J connectivity index is 4.14. The molecule has 0 aliphatic carbocycles. The number of rotatable bonds is 7. The number of amides is 1. The van der Waals surface area contributed by atoms with Gasteiger partial charge < -0.3 is 10.4 Å². The lowest BCUT2D eigenvalue weighted by atomic mass is 10.2. The molecule has 0 radical (unpaired) electrons. The van der Waals surface area contributed by atoms with Crippen molar-refractivity contribution >= 4 is 11.9 Å². The summed E-state index contributed by atoms with van der Waals surface area (Å²) in [6.07, 6.45) is 0.0670. The Labute approximate surface area is 90.5 Å². The molecule has 0 rings (SSSR count). The third kappa shape index (κ3) is 5.37. The molecule has 0 saturated heterocycles. The highest BCUT2D eigenvalue weighted by Gasteiger charge is 2.19. The molecule has 88 valence electrons. The van der Waals surface area contributed by atoms with Crippen LogP contribution in [0.4, 0.5) is 0 Å². The number of aliphatic carboxylic acids is 1. The molecule has 1 atom stereocenters. The first-order valence-corrected chi connectivity index (χ1v) is 5.26. The Kier molecular flexibility index (Phi) is 6.70. The van der Waals surface area contributed by atoms with E-state index in [1.165, 1.54) is 0 Å². The van der Waals surface area contributed by atoms with Crippen molar-refractivity contribution in [2.24, 2.45) is 0 Å². The number of likely N-dealkylation sites (N-methyl/N-ethyl adjacent to an activating group) is 2. The van der Waals surface area contributed by atoms with Gasteiger partial charge in [0.15, 0.2) is 0 Å². The van der Waals surface area contributed by atoms with Crippen LogP contribution in [-0.2, 0) is 9.59 Å². The van der Waals surface area contributed by atoms with Gasteiger partial charge in [-0.2, -0.15) is 0 Å². The summed E-state index contributed by atoms with van der Waals surface area (Å²) < 4.78 is 0. The molecule has 0 saturated carbocycles. The van der Waals surface area contributed by atoms with Gasteiger partial charge in [-0.1, -0.05) is 6.92 Å². The van der Waals surface area contributed by atoms with Crippen molar-refractivity contribution in [1.29, 1.82) is 0 Å². The maximum atomic E-state index is 11.5. The molecule has 0 aliphatic heterocycles. The zero-order chi connectivity index (χ0) is 11.8. The smallest absolute Gasteiger partial charge is 0.304 e. The van der Waals surface area contributed by atoms with Crippen molar-refractivity contribution in [2.45, 2.75) is 33.2 Å². The van der Waals surface area contributed by atoms with Gasteiger partial charge >= 0.3 is 5.97 Å². The van der Waals surface area contributed by atoms with E-state index in [4.69, 9.17) is 5.11 Å². The van der Waals surface area contributed by atoms with Gasteiger partial charge in [0.25, 0.3) is 0 Å². The highest BCUT2D eigenvalue weighted by molar-refractivity contribution is 5.81. The molecule has 0 bridgehead atoms. The SMILES string of the molecule is CCNC(=O)C(C)N(CC)CCC(=O)O. The maximum Gasteiger partial charge on any atom is 0.304 e. The molecule has 15 heavy (non-hydrogen) atoms. The van der Waals surface area contributed by atoms with Crippen molar-refractivity contribution < 1.29 is 14.7 Å². The van der Waals surface area contributed by atoms with E-state index in [1.807, 2.05) is 18.7 Å². The molecule has 0 fully saturated rings. The summed E-state index contributed by atoms with van der Waals surface area (Å²) in [5.41, 5.74) is 0. The van der Waals surface area contributed by atoms with Gasteiger partial charge in [0.05, 0.1) is 12.5 Å². The summed E-state index contributed by atoms with van der Waals surface area (Å²) in [6.45, 7) is 7.24. The van der Waals surface area contributed by atoms with E-state index < -0.39 is 5.97 Å². The quantitative estimate of drug-likeness (QED) is 0.642. The largest absolute Gasteiger partial charge is 0.481 e. The van der Waals surface area contributed by atoms with E-state index in [9.17, 15) is 9.59 Å². The zero-order valence-electron chi connectivity index (χ0n) is 9.62. The van der Waals surface area contributed by atoms with E-state index in [-0.39, 0.29) is 18.4 Å². The molecule has 0 aliphatic rings. The van der Waals surface area contributed by atoms with E-state index >= 15 is 0 Å². The number of hydrogen-bond acceptors (Lipinski definition) is 3. The minimum absolute atomic E-state index is 0.0512. The second-order valence-corrected chi connectivity index (χ2v) is 3.34. The normalized spacial score (nSPS) is 12.5. The Bertz CT molecular complexity index is 219. The number of carboxylic acids is 1. The molecule has 5 heteroatoms. The Hall–Kier alpha value is -1.10. The topological polar surface area (TPSA) is 69.6 Å². The van der Waals surface area contributed by atoms with Crippen LogP contribution in [0.25, 0.3) is 0 Å². The van der Waals surface area contributed by atoms with Crippen molar-refractivity contribution in [3.05, 3.63) is 0 Å². The Morgan fingerprint density at radius 3 is 2.40 bits per heavy atom. The highest BCUT2D eigenvalue weighted by atomic mass is 16.4. The van der Waals surface area contributed by atoms with Crippen LogP contribution >= 0.6 is 0 Å². The van der Waals surface area contributed by atoms with Crippen molar-refractivity contribution in [1.82, 2.24) is 10.2 Å². The first kappa shape index (κ1) is 13.9. The molecule has 1 amide bonds. The van der Waals surface area contributed by atoms with Crippen LogP contribution in [0.1, 0.15) is 27.2 Å². The van der Waals surface area contributed by atoms with Crippen LogP contribution in [-0.4, -0.2) is 47.6 Å². The van der Waals surface area contributed by atoms with Crippen molar-refractivity contribution in [2.75, 3.05) is 19.6 Å². The van der Waals surface area contributed by atoms with Crippen LogP contribution in [0, 0.1) is 0 Å². The summed E-state index contributed by atoms with van der Waals surface area (Å²) in [5.74, 6) is -0.888. The zero-order valence-corrected chi connectivity index (χ0v) is 9.62. The average molecular weight is 216 g/mol. The molecule has 0 spiro atoms. The van der Waals surface area contributed by atoms with Gasteiger partial charge in [-0.3, -0.25) is 14.5 Å². The number of carboxylic acid groups (broad SMARTS) is 1. The fourth-order valence-corrected chi connectivity index (χ4v) is 1.35. The summed E-state index contributed by atoms with van der Waals surface area (Å²) in [4.78, 5) is 23.7. The molecular formula is C10H20N2O3. The Morgan fingerprint density at radius 1 is 1.40 bits per heavy atom. The second-order valence-electron chi connectivity index (χ2n) is 3.34. The summed E-state index contributed by atoms with van der Waals surface area (Å²) >= 11 is 0. The number of carbonyl (C=O) groups excluding carboxylic acids is 1. The fourth-order valence-electron chi connectivity index (χ4n) is 1.35. The lowest BCUT2D eigenvalue weighted by Gasteiger charge is -2.25. The van der Waals surface area contributed by atoms with Crippen LogP contribution in [0.3, 0.4) is 0 Å². The standard InChI is InChI=1S/C10H20N2O3/c1-4-11-10(15)8(3)12(5-2)7-6-9(13)14/h8H,4-7H2,1-3H3,(H,11,15)(H,13,14). The van der Waals surface area contributed by atoms with E-state index in [0.717, 1.165) is 0 Å². The van der Waals surface area contributed by atoms with Gasteiger partial charge in [-0.15, -0.1) is 0 Å². The van der Waals surface area contributed by atoms with Gasteiger partial charge in [0.2, 0.25) is 5.91 Å². The van der Waals surface area contributed by atoms with Gasteiger partial charge in [-0.05, 0) is 20.4 Å². The molecule has 0 aromatic rings. The first-order chi connectivity index (χ1) is 7.02. The second kappa shape index (κ2) is 7.23. The number of nitrogens with one attached hydrogen (secondary N) is 1. The third-order valence-corrected chi connectivity index (χ3v) is 2.30. The highest BCUT2D eigenvalue weighted by Crippen LogP contribution is 2.00. The minimum Gasteiger partial charge on any atom is -0.481 e. The van der Waals surface area contributed by atoms with Crippen molar-refractivity contribution in [3.8, 4) is 0 Å². The number of hydrogen-bond donors (Lipinski definition) is 2. The summed E-state index contributed by atoms with van der Waals surface area (Å²) in [5, 5.41) is 11.3. The van der Waals surface area contributed by atoms with Gasteiger partial charge in [-0.25, -0.2) is 0 Å². The molecule has 2 N–H and O–H groups in total. The van der Waals surface area contributed by atoms with E-state index in [1.54, 1.807) is 6.92 Å². The summed E-state index contributed by atoms with van der Waals surface area (Å²) in [6, 6.07) is -0.269. The predicted molar refractivity (Wildman–Crippen MR) is 57.6 cm³/mol. The predicted octanol–water partition coefficient (Wildman–Crippen LogP) is 0.308. The fraction of sp³-hybridized carbons (Fsp3) is 0.800. The summed E-state index contributed by atoms with van der Waals surface area (Å²) in [7, 11) is 0. The van der Waals surface area contributed by atoms with Crippen LogP contribution < -0.4 is 5.32 Å². The third-order valence-electron chi connectivity index (χ3n) is 2.30. The van der Waals surface area contributed by atoms with E-state index in [0.29, 0.717) is 19.6 Å². The molecule has 0 aromatic carbocycles. The minimum atomic E-state index is -0.837. The van der Waals surface area contributed by atoms with Crippen LogP contribution in [0.5, 0.6) is 0 Å². The molecular weight excluding hydrogens is 196 g/mol. The Morgan fingerprint density at radius 2 is 2.00 bits per heavy atom. The van der Waals surface area contributed by atoms with Crippen LogP contribution in [0.15, 0.2) is 0 Å². The maximum absolute atomic E-state index is 11.5. The number of carbonyl (C=O) groups is 2. The lowest BCUT2D eigenvalue weighted by Crippen LogP contribution is -2.45. The number of nitrogens with zero attached hydrogens (tertiary/aromatic N) is 1. The molecule has 1 unspecified atom stereocenters. The van der Waals surface area contributed by atoms with Gasteiger partial charge in [0.1, 0.15) is 0 Å². The van der Waals surface area contributed by atoms with Gasteiger partial charge in [0, 0.05) is 13.1 Å². The van der Waals surface area contributed by atoms with E-state index in [2.05, 4.69) is 5.32 Å². The molecule has 0 aromatic heterocycles. The average Bonchev–Trinajstić information content (AvgIpc) is 2.18. The monoisotopic (exact) mass is 216 g/mol.